The van der Waals surface area contributed by atoms with Crippen LogP contribution < -0.4 is 0 Å². The van der Waals surface area contributed by atoms with E-state index in [0.717, 1.165) is 25.8 Å². The first-order valence-electron chi connectivity index (χ1n) is 9.08. The fraction of sp³-hybridized carbons (Fsp3) is 0.476. The van der Waals surface area contributed by atoms with Crippen molar-refractivity contribution < 1.29 is 29.0 Å². The third-order valence-electron chi connectivity index (χ3n) is 4.91. The highest BCUT2D eigenvalue weighted by molar-refractivity contribution is 6.48. The Bertz CT molecular complexity index is 834. The SMILES string of the molecule is CCC(C)/C=C(C)/C=C/C1=CC2=C(Cl)C(=O)C(C)(OC(C)=O)C(=O)C2(O)CO1. The standard InChI is InChI=1S/C21H25ClO6/c1-6-12(2)9-13(3)7-8-15-10-16-17(22)18(24)20(5,28-14(4)23)19(25)21(16,26)11-27-15/h7-10,12,26H,6,11H2,1-5H3/b8-7+,13-9+. The molecule has 1 N–H and O–H groups in total. The lowest BCUT2D eigenvalue weighted by atomic mass is 9.72. The number of Topliss-reactive ketones (excluding diaryl/α,β-unsaturated/α-hetero) is 2. The summed E-state index contributed by atoms with van der Waals surface area (Å²) in [6.45, 7) is 7.91. The molecule has 0 aromatic carbocycles. The highest BCUT2D eigenvalue weighted by Gasteiger charge is 2.61. The van der Waals surface area contributed by atoms with Gasteiger partial charge in [-0.25, -0.2) is 0 Å². The van der Waals surface area contributed by atoms with Crippen LogP contribution in [0.2, 0.25) is 0 Å². The van der Waals surface area contributed by atoms with Crippen LogP contribution in [-0.2, 0) is 23.9 Å². The van der Waals surface area contributed by atoms with Crippen molar-refractivity contribution in [3.05, 3.63) is 46.2 Å². The van der Waals surface area contributed by atoms with E-state index >= 15 is 0 Å². The van der Waals surface area contributed by atoms with Gasteiger partial charge in [0.1, 0.15) is 12.4 Å². The van der Waals surface area contributed by atoms with Gasteiger partial charge in [-0.1, -0.05) is 49.6 Å². The van der Waals surface area contributed by atoms with Crippen molar-refractivity contribution >= 4 is 29.1 Å². The zero-order valence-corrected chi connectivity index (χ0v) is 17.4. The second-order valence-corrected chi connectivity index (χ2v) is 7.72. The Morgan fingerprint density at radius 3 is 2.64 bits per heavy atom. The van der Waals surface area contributed by atoms with E-state index < -0.39 is 35.3 Å². The molecule has 28 heavy (non-hydrogen) atoms. The minimum absolute atomic E-state index is 0.0525. The van der Waals surface area contributed by atoms with Crippen LogP contribution in [0, 0.1) is 5.92 Å². The maximum atomic E-state index is 12.8. The van der Waals surface area contributed by atoms with Gasteiger partial charge in [-0.05, 0) is 31.9 Å². The number of hydrogen-bond acceptors (Lipinski definition) is 6. The van der Waals surface area contributed by atoms with Gasteiger partial charge in [0.05, 0.1) is 5.03 Å². The Morgan fingerprint density at radius 1 is 1.43 bits per heavy atom. The number of hydrogen-bond donors (Lipinski definition) is 1. The largest absolute Gasteiger partial charge is 0.490 e. The molecule has 0 fully saturated rings. The molecule has 0 bridgehead atoms. The summed E-state index contributed by atoms with van der Waals surface area (Å²) in [5.74, 6) is -1.90. The number of carbonyl (C=O) groups excluding carboxylic acids is 3. The summed E-state index contributed by atoms with van der Waals surface area (Å²) in [5, 5.41) is 10.5. The maximum Gasteiger partial charge on any atom is 0.304 e. The second-order valence-electron chi connectivity index (χ2n) is 7.34. The second kappa shape index (κ2) is 8.05. The zero-order chi connectivity index (χ0) is 21.3. The quantitative estimate of drug-likeness (QED) is 0.427. The Balaban J connectivity index is 2.43. The molecule has 0 aromatic heterocycles. The van der Waals surface area contributed by atoms with Gasteiger partial charge >= 0.3 is 5.97 Å². The number of fused-ring (bicyclic) bond motifs is 1. The lowest BCUT2D eigenvalue weighted by Gasteiger charge is -2.41. The number of rotatable bonds is 5. The van der Waals surface area contributed by atoms with E-state index in [4.69, 9.17) is 21.1 Å². The van der Waals surface area contributed by atoms with Crippen molar-refractivity contribution in [1.29, 1.82) is 0 Å². The first kappa shape index (κ1) is 22.1. The van der Waals surface area contributed by atoms with E-state index in [1.165, 1.54) is 6.08 Å². The number of aliphatic hydroxyl groups is 1. The van der Waals surface area contributed by atoms with E-state index in [9.17, 15) is 19.5 Å². The summed E-state index contributed by atoms with van der Waals surface area (Å²) in [7, 11) is 0. The summed E-state index contributed by atoms with van der Waals surface area (Å²) in [6.07, 6.45) is 8.01. The number of ether oxygens (including phenoxy) is 2. The molecular weight excluding hydrogens is 384 g/mol. The van der Waals surface area contributed by atoms with Gasteiger partial charge in [-0.2, -0.15) is 0 Å². The first-order chi connectivity index (χ1) is 13.0. The molecule has 0 saturated carbocycles. The molecule has 152 valence electrons. The van der Waals surface area contributed by atoms with E-state index in [0.29, 0.717) is 11.7 Å². The van der Waals surface area contributed by atoms with Gasteiger partial charge in [0.2, 0.25) is 17.2 Å². The van der Waals surface area contributed by atoms with Crippen LogP contribution in [0.3, 0.4) is 0 Å². The highest BCUT2D eigenvalue weighted by Crippen LogP contribution is 2.42. The third kappa shape index (κ3) is 3.98. The normalized spacial score (nSPS) is 29.4. The summed E-state index contributed by atoms with van der Waals surface area (Å²) in [4.78, 5) is 36.8. The van der Waals surface area contributed by atoms with Gasteiger partial charge in [0, 0.05) is 12.5 Å². The van der Waals surface area contributed by atoms with E-state index in [1.54, 1.807) is 6.08 Å². The fourth-order valence-electron chi connectivity index (χ4n) is 3.14. The molecule has 0 saturated heterocycles. The predicted octanol–water partition coefficient (Wildman–Crippen LogP) is 3.15. The van der Waals surface area contributed by atoms with Gasteiger partial charge in [-0.15, -0.1) is 0 Å². The maximum absolute atomic E-state index is 12.8. The molecule has 1 heterocycles. The number of halogens is 1. The van der Waals surface area contributed by atoms with Gasteiger partial charge in [0.25, 0.3) is 0 Å². The van der Waals surface area contributed by atoms with Crippen molar-refractivity contribution in [2.24, 2.45) is 5.92 Å². The predicted molar refractivity (Wildman–Crippen MR) is 104 cm³/mol. The van der Waals surface area contributed by atoms with Crippen molar-refractivity contribution in [2.45, 2.75) is 52.2 Å². The molecule has 0 aromatic rings. The van der Waals surface area contributed by atoms with Crippen LogP contribution in [0.1, 0.15) is 41.0 Å². The number of carbonyl (C=O) groups is 3. The number of allylic oxidation sites excluding steroid dienone is 4. The van der Waals surface area contributed by atoms with E-state index in [2.05, 4.69) is 19.9 Å². The van der Waals surface area contributed by atoms with Gasteiger partial charge in [-0.3, -0.25) is 14.4 Å². The molecule has 3 atom stereocenters. The van der Waals surface area contributed by atoms with Crippen LogP contribution in [0.4, 0.5) is 0 Å². The van der Waals surface area contributed by atoms with Gasteiger partial charge < -0.3 is 14.6 Å². The summed E-state index contributed by atoms with van der Waals surface area (Å²) < 4.78 is 10.4. The molecular formula is C21H25ClO6. The van der Waals surface area contributed by atoms with Crippen LogP contribution >= 0.6 is 11.6 Å². The summed E-state index contributed by atoms with van der Waals surface area (Å²) in [6, 6.07) is 0. The van der Waals surface area contributed by atoms with Crippen molar-refractivity contribution in [2.75, 3.05) is 6.61 Å². The van der Waals surface area contributed by atoms with Crippen molar-refractivity contribution in [3.8, 4) is 0 Å². The molecule has 1 aliphatic carbocycles. The van der Waals surface area contributed by atoms with Gasteiger partial charge in [0.15, 0.2) is 5.60 Å². The fourth-order valence-corrected chi connectivity index (χ4v) is 3.53. The van der Waals surface area contributed by atoms with Crippen LogP contribution in [0.5, 0.6) is 0 Å². The third-order valence-corrected chi connectivity index (χ3v) is 5.28. The minimum Gasteiger partial charge on any atom is -0.490 e. The molecule has 2 aliphatic rings. The molecule has 1 aliphatic heterocycles. The molecule has 6 nitrogen and oxygen atoms in total. The van der Waals surface area contributed by atoms with Crippen LogP contribution in [0.25, 0.3) is 0 Å². The Kier molecular flexibility index (Phi) is 6.36. The van der Waals surface area contributed by atoms with E-state index in [1.807, 2.05) is 13.0 Å². The number of ketones is 2. The molecule has 7 heteroatoms. The molecule has 3 unspecified atom stereocenters. The molecule has 2 rings (SSSR count). The van der Waals surface area contributed by atoms with Crippen LogP contribution in [0.15, 0.2) is 46.2 Å². The van der Waals surface area contributed by atoms with Crippen molar-refractivity contribution in [1.82, 2.24) is 0 Å². The molecule has 0 radical (unpaired) electrons. The highest BCUT2D eigenvalue weighted by atomic mass is 35.5. The first-order valence-corrected chi connectivity index (χ1v) is 9.46. The Morgan fingerprint density at radius 2 is 2.07 bits per heavy atom. The van der Waals surface area contributed by atoms with Crippen LogP contribution in [-0.4, -0.2) is 40.5 Å². The summed E-state index contributed by atoms with van der Waals surface area (Å²) >= 11 is 6.17. The van der Waals surface area contributed by atoms with Crippen molar-refractivity contribution in [3.63, 3.8) is 0 Å². The molecule has 0 spiro atoms. The topological polar surface area (TPSA) is 89.9 Å². The summed E-state index contributed by atoms with van der Waals surface area (Å²) in [5.41, 5.74) is -3.39. The monoisotopic (exact) mass is 408 g/mol. The lowest BCUT2D eigenvalue weighted by Crippen LogP contribution is -2.64. The average Bonchev–Trinajstić information content (AvgIpc) is 2.63. The number of esters is 1. The lowest BCUT2D eigenvalue weighted by molar-refractivity contribution is -0.178. The smallest absolute Gasteiger partial charge is 0.304 e. The van der Waals surface area contributed by atoms with E-state index in [-0.39, 0.29) is 10.6 Å². The average molecular weight is 409 g/mol. The Labute approximate surface area is 169 Å². The molecule has 0 amide bonds. The minimum atomic E-state index is -2.19. The Hall–Kier alpha value is -2.18. The zero-order valence-electron chi connectivity index (χ0n) is 16.7.